The monoisotopic (exact) mass is 460 g/mol. The first kappa shape index (κ1) is 15.1. The molecule has 0 N–H and O–H groups in total. The van der Waals surface area contributed by atoms with Crippen LogP contribution < -0.4 is 9.47 Å². The maximum absolute atomic E-state index is 5.40. The summed E-state index contributed by atoms with van der Waals surface area (Å²) in [6, 6.07) is 4.07. The Labute approximate surface area is 138 Å². The van der Waals surface area contributed by atoms with Gasteiger partial charge in [0.05, 0.1) is 14.2 Å². The maximum atomic E-state index is 5.40. The van der Waals surface area contributed by atoms with E-state index in [1.807, 2.05) is 29.6 Å². The van der Waals surface area contributed by atoms with E-state index < -0.39 is 0 Å². The normalized spacial score (nSPS) is 18.4. The highest BCUT2D eigenvalue weighted by Gasteiger charge is 2.35. The lowest BCUT2D eigenvalue weighted by atomic mass is 10.2. The molecular formula is C12H14BrIO2S2. The van der Waals surface area contributed by atoms with E-state index in [1.165, 1.54) is 23.5 Å². The van der Waals surface area contributed by atoms with Crippen molar-refractivity contribution in [3.63, 3.8) is 0 Å². The van der Waals surface area contributed by atoms with E-state index >= 15 is 0 Å². The molecule has 0 radical (unpaired) electrons. The van der Waals surface area contributed by atoms with Crippen molar-refractivity contribution in [3.05, 3.63) is 22.2 Å². The Bertz CT molecular complexity index is 436. The minimum atomic E-state index is 0.0639. The molecule has 1 aliphatic rings. The number of alkyl halides is 1. The van der Waals surface area contributed by atoms with Gasteiger partial charge < -0.3 is 9.47 Å². The Hall–Kier alpha value is 0.730. The molecule has 1 aromatic carbocycles. The zero-order valence-electron chi connectivity index (χ0n) is 10.2. The first-order chi connectivity index (χ1) is 8.60. The van der Waals surface area contributed by atoms with Crippen LogP contribution in [0.5, 0.6) is 11.5 Å². The number of ether oxygens (including phenoxy) is 2. The Balaban J connectivity index is 2.43. The third-order valence-electron chi connectivity index (χ3n) is 2.66. The minimum Gasteiger partial charge on any atom is -0.493 e. The molecule has 0 aliphatic carbocycles. The highest BCUT2D eigenvalue weighted by Crippen LogP contribution is 2.58. The molecule has 1 aromatic rings. The molecule has 0 bridgehead atoms. The molecule has 2 rings (SSSR count). The van der Waals surface area contributed by atoms with Gasteiger partial charge in [-0.15, -0.1) is 23.5 Å². The van der Waals surface area contributed by atoms with Gasteiger partial charge in [-0.25, -0.2) is 0 Å². The third kappa shape index (κ3) is 3.07. The molecular weight excluding hydrogens is 447 g/mol. The number of halogens is 2. The van der Waals surface area contributed by atoms with Crippen molar-refractivity contribution >= 4 is 62.0 Å². The van der Waals surface area contributed by atoms with Crippen LogP contribution in [0.2, 0.25) is 0 Å². The summed E-state index contributed by atoms with van der Waals surface area (Å²) in [5.41, 5.74) is 1.26. The Morgan fingerprint density at radius 1 is 1.17 bits per heavy atom. The Morgan fingerprint density at radius 2 is 1.72 bits per heavy atom. The Kier molecular flexibility index (Phi) is 5.42. The van der Waals surface area contributed by atoms with E-state index in [9.17, 15) is 0 Å². The molecule has 100 valence electrons. The van der Waals surface area contributed by atoms with Gasteiger partial charge in [0.15, 0.2) is 11.5 Å². The van der Waals surface area contributed by atoms with Crippen LogP contribution in [0.3, 0.4) is 0 Å². The van der Waals surface area contributed by atoms with Crippen molar-refractivity contribution in [2.75, 3.05) is 25.7 Å². The molecule has 0 atom stereocenters. The lowest BCUT2D eigenvalue weighted by Crippen LogP contribution is -2.16. The topological polar surface area (TPSA) is 18.5 Å². The van der Waals surface area contributed by atoms with Crippen molar-refractivity contribution < 1.29 is 9.47 Å². The average Bonchev–Trinajstić information content (AvgIpc) is 2.39. The summed E-state index contributed by atoms with van der Waals surface area (Å²) in [6.07, 6.45) is 1.28. The summed E-state index contributed by atoms with van der Waals surface area (Å²) in [6.45, 7) is 0. The van der Waals surface area contributed by atoms with Crippen LogP contribution in [-0.4, -0.2) is 25.7 Å². The van der Waals surface area contributed by atoms with Crippen LogP contribution in [0, 0.1) is 0 Å². The summed E-state index contributed by atoms with van der Waals surface area (Å²) in [7, 11) is 3.34. The molecule has 0 saturated carbocycles. The van der Waals surface area contributed by atoms with Crippen LogP contribution >= 0.6 is 62.0 Å². The van der Waals surface area contributed by atoms with Crippen LogP contribution in [0.1, 0.15) is 12.0 Å². The second kappa shape index (κ2) is 6.45. The van der Waals surface area contributed by atoms with Crippen molar-refractivity contribution in [2.45, 2.75) is 8.51 Å². The molecule has 1 heterocycles. The highest BCUT2D eigenvalue weighted by atomic mass is 127. The molecule has 18 heavy (non-hydrogen) atoms. The first-order valence-corrected chi connectivity index (χ1v) is 9.34. The van der Waals surface area contributed by atoms with Gasteiger partial charge >= 0.3 is 0 Å². The van der Waals surface area contributed by atoms with E-state index in [-0.39, 0.29) is 2.09 Å². The molecule has 0 amide bonds. The third-order valence-corrected chi connectivity index (χ3v) is 8.64. The number of methoxy groups -OCH3 is 2. The predicted molar refractivity (Wildman–Crippen MR) is 92.5 cm³/mol. The van der Waals surface area contributed by atoms with Gasteiger partial charge in [-0.2, -0.15) is 0 Å². The van der Waals surface area contributed by atoms with Crippen molar-refractivity contribution in [2.24, 2.45) is 0 Å². The van der Waals surface area contributed by atoms with Crippen LogP contribution in [0.25, 0.3) is 0 Å². The van der Waals surface area contributed by atoms with Gasteiger partial charge in [0.25, 0.3) is 0 Å². The molecule has 0 aromatic heterocycles. The fourth-order valence-corrected chi connectivity index (χ4v) is 7.53. The van der Waals surface area contributed by atoms with Crippen LogP contribution in [0.15, 0.2) is 16.6 Å². The van der Waals surface area contributed by atoms with Crippen LogP contribution in [-0.2, 0) is 2.09 Å². The van der Waals surface area contributed by atoms with Crippen LogP contribution in [0.4, 0.5) is 0 Å². The summed E-state index contributed by atoms with van der Waals surface area (Å²) < 4.78 is 11.9. The number of benzene rings is 1. The quantitative estimate of drug-likeness (QED) is 0.472. The van der Waals surface area contributed by atoms with E-state index in [1.54, 1.807) is 14.2 Å². The second-order valence-corrected chi connectivity index (χ2v) is 10.6. The van der Waals surface area contributed by atoms with E-state index in [0.29, 0.717) is 0 Å². The second-order valence-electron chi connectivity index (χ2n) is 3.77. The number of rotatable bonds is 3. The van der Waals surface area contributed by atoms with Crippen molar-refractivity contribution in [3.8, 4) is 11.5 Å². The van der Waals surface area contributed by atoms with Gasteiger partial charge in [0.2, 0.25) is 0 Å². The number of hydrogen-bond acceptors (Lipinski definition) is 4. The lowest BCUT2D eigenvalue weighted by Gasteiger charge is -2.32. The molecule has 1 fully saturated rings. The van der Waals surface area contributed by atoms with E-state index in [0.717, 1.165) is 16.0 Å². The summed E-state index contributed by atoms with van der Waals surface area (Å²) >= 11 is 10.2. The maximum Gasteiger partial charge on any atom is 0.161 e. The molecule has 1 saturated heterocycles. The number of hydrogen-bond donors (Lipinski definition) is 0. The summed E-state index contributed by atoms with van der Waals surface area (Å²) in [5, 5.41) is 0. The van der Waals surface area contributed by atoms with E-state index in [2.05, 4.69) is 44.6 Å². The van der Waals surface area contributed by atoms with Gasteiger partial charge in [-0.3, -0.25) is 0 Å². The van der Waals surface area contributed by atoms with Crippen molar-refractivity contribution in [1.29, 1.82) is 0 Å². The highest BCUT2D eigenvalue weighted by molar-refractivity contribution is 14.1. The fourth-order valence-electron chi connectivity index (χ4n) is 1.75. The molecule has 0 spiro atoms. The zero-order chi connectivity index (χ0) is 13.2. The van der Waals surface area contributed by atoms with Gasteiger partial charge in [-0.05, 0) is 52.7 Å². The Morgan fingerprint density at radius 3 is 2.28 bits per heavy atom. The average molecular weight is 461 g/mol. The summed E-state index contributed by atoms with van der Waals surface area (Å²) in [4.78, 5) is 0. The number of thioether (sulfide) groups is 2. The predicted octanol–water partition coefficient (Wildman–Crippen LogP) is 4.88. The van der Waals surface area contributed by atoms with Gasteiger partial charge in [-0.1, -0.05) is 15.9 Å². The molecule has 1 aliphatic heterocycles. The van der Waals surface area contributed by atoms with Gasteiger partial charge in [0.1, 0.15) is 2.09 Å². The largest absolute Gasteiger partial charge is 0.493 e. The lowest BCUT2D eigenvalue weighted by molar-refractivity contribution is 0.354. The minimum absolute atomic E-state index is 0.0639. The summed E-state index contributed by atoms with van der Waals surface area (Å²) in [5.74, 6) is 3.96. The molecule has 6 heteroatoms. The molecule has 0 unspecified atom stereocenters. The molecule has 2 nitrogen and oxygen atoms in total. The zero-order valence-corrected chi connectivity index (χ0v) is 15.5. The van der Waals surface area contributed by atoms with Crippen molar-refractivity contribution in [1.82, 2.24) is 0 Å². The fraction of sp³-hybridized carbons (Fsp3) is 0.500. The smallest absolute Gasteiger partial charge is 0.161 e. The van der Waals surface area contributed by atoms with E-state index in [4.69, 9.17) is 9.47 Å². The van der Waals surface area contributed by atoms with Gasteiger partial charge in [0, 0.05) is 10.0 Å². The first-order valence-electron chi connectivity index (χ1n) is 5.49. The standard InChI is InChI=1S/C12H14BrIO2S2/c1-15-10-6-8(9(13)7-11(10)16-2)12(14)17-4-3-5-18-12/h6-7H,3-5H2,1-2H3. The SMILES string of the molecule is COc1cc(Br)c(C2(I)SCCCS2)cc1OC.